The summed E-state index contributed by atoms with van der Waals surface area (Å²) in [4.78, 5) is 4.16. The van der Waals surface area contributed by atoms with E-state index in [-0.39, 0.29) is 18.3 Å². The van der Waals surface area contributed by atoms with E-state index in [4.69, 9.17) is 15.9 Å². The SMILES string of the molecule is Cc1cc(C(=N)N)cc(OCc2ccccc2F)n1. The average molecular weight is 259 g/mol. The minimum absolute atomic E-state index is 0.0544. The molecule has 0 spiro atoms. The third-order valence-electron chi connectivity index (χ3n) is 2.57. The molecule has 2 aromatic rings. The van der Waals surface area contributed by atoms with Gasteiger partial charge in [-0.05, 0) is 19.1 Å². The zero-order chi connectivity index (χ0) is 13.8. The fourth-order valence-electron chi connectivity index (χ4n) is 1.63. The number of rotatable bonds is 4. The minimum Gasteiger partial charge on any atom is -0.473 e. The lowest BCUT2D eigenvalue weighted by atomic mass is 10.2. The molecule has 4 nitrogen and oxygen atoms in total. The first-order chi connectivity index (χ1) is 9.06. The van der Waals surface area contributed by atoms with Crippen LogP contribution in [0.4, 0.5) is 4.39 Å². The number of aromatic nitrogens is 1. The Kier molecular flexibility index (Phi) is 3.75. The third-order valence-corrected chi connectivity index (χ3v) is 2.57. The van der Waals surface area contributed by atoms with Crippen molar-refractivity contribution in [2.75, 3.05) is 0 Å². The molecule has 5 heteroatoms. The van der Waals surface area contributed by atoms with Crippen LogP contribution in [-0.2, 0) is 6.61 Å². The number of aryl methyl sites for hydroxylation is 1. The largest absolute Gasteiger partial charge is 0.473 e. The van der Waals surface area contributed by atoms with Gasteiger partial charge in [0.15, 0.2) is 0 Å². The first-order valence-corrected chi connectivity index (χ1v) is 5.75. The van der Waals surface area contributed by atoms with Crippen LogP contribution < -0.4 is 10.5 Å². The second-order valence-electron chi connectivity index (χ2n) is 4.13. The first-order valence-electron chi connectivity index (χ1n) is 5.75. The highest BCUT2D eigenvalue weighted by molar-refractivity contribution is 5.95. The molecule has 0 saturated carbocycles. The lowest BCUT2D eigenvalue weighted by Crippen LogP contribution is -2.12. The molecule has 0 aliphatic rings. The summed E-state index contributed by atoms with van der Waals surface area (Å²) in [6.07, 6.45) is 0. The second-order valence-corrected chi connectivity index (χ2v) is 4.13. The monoisotopic (exact) mass is 259 g/mol. The van der Waals surface area contributed by atoms with Gasteiger partial charge in [-0.25, -0.2) is 9.37 Å². The number of hydrogen-bond donors (Lipinski definition) is 2. The molecule has 0 radical (unpaired) electrons. The van der Waals surface area contributed by atoms with Crippen LogP contribution in [0.2, 0.25) is 0 Å². The molecule has 0 aliphatic heterocycles. The van der Waals surface area contributed by atoms with Crippen LogP contribution in [0.1, 0.15) is 16.8 Å². The van der Waals surface area contributed by atoms with E-state index < -0.39 is 0 Å². The third kappa shape index (κ3) is 3.28. The predicted octanol–water partition coefficient (Wildman–Crippen LogP) is 2.39. The second kappa shape index (κ2) is 5.48. The molecule has 2 rings (SSSR count). The van der Waals surface area contributed by atoms with Crippen LogP contribution >= 0.6 is 0 Å². The van der Waals surface area contributed by atoms with Gasteiger partial charge in [0.05, 0.1) is 0 Å². The summed E-state index contributed by atoms with van der Waals surface area (Å²) < 4.78 is 18.9. The maximum absolute atomic E-state index is 13.4. The molecule has 1 heterocycles. The summed E-state index contributed by atoms with van der Waals surface area (Å²) in [5.74, 6) is -0.0448. The molecule has 3 N–H and O–H groups in total. The summed E-state index contributed by atoms with van der Waals surface area (Å²) in [6.45, 7) is 1.86. The van der Waals surface area contributed by atoms with E-state index in [2.05, 4.69) is 4.98 Å². The molecule has 1 aromatic heterocycles. The van der Waals surface area contributed by atoms with Crippen molar-refractivity contribution in [2.24, 2.45) is 5.73 Å². The van der Waals surface area contributed by atoms with E-state index in [1.807, 2.05) is 0 Å². The molecule has 0 fully saturated rings. The number of pyridine rings is 1. The van der Waals surface area contributed by atoms with Crippen molar-refractivity contribution >= 4 is 5.84 Å². The minimum atomic E-state index is -0.318. The zero-order valence-electron chi connectivity index (χ0n) is 10.5. The fourth-order valence-corrected chi connectivity index (χ4v) is 1.63. The van der Waals surface area contributed by atoms with E-state index in [1.165, 1.54) is 6.07 Å². The highest BCUT2D eigenvalue weighted by Gasteiger charge is 2.06. The molecule has 19 heavy (non-hydrogen) atoms. The highest BCUT2D eigenvalue weighted by Crippen LogP contribution is 2.15. The molecule has 0 amide bonds. The number of nitrogens with one attached hydrogen (secondary N) is 1. The van der Waals surface area contributed by atoms with Crippen molar-refractivity contribution in [3.63, 3.8) is 0 Å². The summed E-state index contributed by atoms with van der Waals surface area (Å²) in [5.41, 5.74) is 7.11. The van der Waals surface area contributed by atoms with Gasteiger partial charge in [-0.2, -0.15) is 0 Å². The summed E-state index contributed by atoms with van der Waals surface area (Å²) >= 11 is 0. The van der Waals surface area contributed by atoms with Gasteiger partial charge >= 0.3 is 0 Å². The molecule has 98 valence electrons. The van der Waals surface area contributed by atoms with E-state index in [0.717, 1.165) is 0 Å². The van der Waals surface area contributed by atoms with Crippen LogP contribution in [0.25, 0.3) is 0 Å². The topological polar surface area (TPSA) is 72.0 Å². The van der Waals surface area contributed by atoms with E-state index >= 15 is 0 Å². The van der Waals surface area contributed by atoms with Gasteiger partial charge < -0.3 is 10.5 Å². The first kappa shape index (κ1) is 13.0. The Morgan fingerprint density at radius 1 is 1.37 bits per heavy atom. The Labute approximate surface area is 110 Å². The molecule has 0 bridgehead atoms. The molecule has 0 saturated heterocycles. The molecular weight excluding hydrogens is 245 g/mol. The number of hydrogen-bond acceptors (Lipinski definition) is 3. The number of ether oxygens (including phenoxy) is 1. The van der Waals surface area contributed by atoms with E-state index in [1.54, 1.807) is 37.3 Å². The number of nitrogens with two attached hydrogens (primary N) is 1. The molecule has 0 aliphatic carbocycles. The Hall–Kier alpha value is -2.43. The van der Waals surface area contributed by atoms with Crippen molar-refractivity contribution in [1.29, 1.82) is 5.41 Å². The van der Waals surface area contributed by atoms with Crippen LogP contribution in [0.3, 0.4) is 0 Å². The van der Waals surface area contributed by atoms with Gasteiger partial charge in [-0.3, -0.25) is 5.41 Å². The Bertz CT molecular complexity index is 613. The lowest BCUT2D eigenvalue weighted by molar-refractivity contribution is 0.287. The summed E-state index contributed by atoms with van der Waals surface area (Å²) in [6, 6.07) is 9.65. The normalized spacial score (nSPS) is 10.2. The molecular formula is C14H14FN3O. The van der Waals surface area contributed by atoms with Gasteiger partial charge in [0.1, 0.15) is 18.3 Å². The Morgan fingerprint density at radius 2 is 2.11 bits per heavy atom. The quantitative estimate of drug-likeness (QED) is 0.654. The Morgan fingerprint density at radius 3 is 2.79 bits per heavy atom. The molecule has 0 unspecified atom stereocenters. The van der Waals surface area contributed by atoms with Crippen LogP contribution in [0.15, 0.2) is 36.4 Å². The van der Waals surface area contributed by atoms with E-state index in [0.29, 0.717) is 22.7 Å². The van der Waals surface area contributed by atoms with Crippen molar-refractivity contribution in [3.05, 3.63) is 59.0 Å². The van der Waals surface area contributed by atoms with Crippen molar-refractivity contribution in [2.45, 2.75) is 13.5 Å². The number of halogens is 1. The number of benzene rings is 1. The smallest absolute Gasteiger partial charge is 0.214 e. The standard InChI is InChI=1S/C14H14FN3O/c1-9-6-11(14(16)17)7-13(18-9)19-8-10-4-2-3-5-12(10)15/h2-7H,8H2,1H3,(H3,16,17). The van der Waals surface area contributed by atoms with Gasteiger partial charge in [-0.1, -0.05) is 18.2 Å². The van der Waals surface area contributed by atoms with E-state index in [9.17, 15) is 4.39 Å². The van der Waals surface area contributed by atoms with Crippen LogP contribution in [-0.4, -0.2) is 10.8 Å². The molecule has 0 atom stereocenters. The summed E-state index contributed by atoms with van der Waals surface area (Å²) in [5, 5.41) is 7.39. The lowest BCUT2D eigenvalue weighted by Gasteiger charge is -2.08. The number of nitrogen functional groups attached to an aromatic ring is 1. The zero-order valence-corrected chi connectivity index (χ0v) is 10.5. The highest BCUT2D eigenvalue weighted by atomic mass is 19.1. The maximum Gasteiger partial charge on any atom is 0.214 e. The Balaban J connectivity index is 2.16. The molecule has 1 aromatic carbocycles. The van der Waals surface area contributed by atoms with Gasteiger partial charge in [0, 0.05) is 22.9 Å². The van der Waals surface area contributed by atoms with Crippen molar-refractivity contribution in [3.8, 4) is 5.88 Å². The van der Waals surface area contributed by atoms with Crippen molar-refractivity contribution < 1.29 is 9.13 Å². The number of amidine groups is 1. The number of nitrogens with zero attached hydrogens (tertiary/aromatic N) is 1. The maximum atomic E-state index is 13.4. The van der Waals surface area contributed by atoms with Crippen LogP contribution in [0, 0.1) is 18.2 Å². The van der Waals surface area contributed by atoms with Crippen LogP contribution in [0.5, 0.6) is 5.88 Å². The van der Waals surface area contributed by atoms with Gasteiger partial charge in [0.25, 0.3) is 0 Å². The van der Waals surface area contributed by atoms with Gasteiger partial charge in [-0.15, -0.1) is 0 Å². The summed E-state index contributed by atoms with van der Waals surface area (Å²) in [7, 11) is 0. The predicted molar refractivity (Wildman–Crippen MR) is 70.7 cm³/mol. The fraction of sp³-hybridized carbons (Fsp3) is 0.143. The van der Waals surface area contributed by atoms with Gasteiger partial charge in [0.2, 0.25) is 5.88 Å². The van der Waals surface area contributed by atoms with Crippen molar-refractivity contribution in [1.82, 2.24) is 4.98 Å². The average Bonchev–Trinajstić information content (AvgIpc) is 2.37.